The number of hydrogen-bond acceptors (Lipinski definition) is 6. The van der Waals surface area contributed by atoms with Gasteiger partial charge in [-0.3, -0.25) is 9.48 Å². The Morgan fingerprint density at radius 2 is 1.95 bits per heavy atom. The molecule has 1 amide bonds. The Kier molecular flexibility index (Phi) is 7.37. The number of amides is 1. The molecular weight excluding hydrogens is 523 g/mol. The van der Waals surface area contributed by atoms with Crippen molar-refractivity contribution in [3.63, 3.8) is 0 Å². The minimum Gasteiger partial charge on any atom is -0.494 e. The van der Waals surface area contributed by atoms with Gasteiger partial charge < -0.3 is 15.4 Å². The fourth-order valence-corrected chi connectivity index (χ4v) is 4.63. The van der Waals surface area contributed by atoms with Crippen LogP contribution in [0.15, 0.2) is 42.7 Å². The first-order chi connectivity index (χ1) is 19.0. The van der Waals surface area contributed by atoms with Crippen LogP contribution >= 0.6 is 0 Å². The Morgan fingerprint density at radius 3 is 2.58 bits per heavy atom. The number of aromatic nitrogens is 5. The van der Waals surface area contributed by atoms with Crippen molar-refractivity contribution in [1.82, 2.24) is 30.1 Å². The maximum Gasteiger partial charge on any atom is 0.416 e. The second-order valence-electron chi connectivity index (χ2n) is 9.99. The summed E-state index contributed by atoms with van der Waals surface area (Å²) < 4.78 is 50.1. The van der Waals surface area contributed by atoms with Crippen LogP contribution in [0.1, 0.15) is 52.0 Å². The highest BCUT2D eigenvalue weighted by Gasteiger charge is 2.33. The second kappa shape index (κ2) is 10.8. The van der Waals surface area contributed by atoms with E-state index in [2.05, 4.69) is 26.0 Å². The van der Waals surface area contributed by atoms with Crippen molar-refractivity contribution >= 4 is 11.6 Å². The summed E-state index contributed by atoms with van der Waals surface area (Å²) in [6.45, 7) is 3.99. The lowest BCUT2D eigenvalue weighted by Crippen LogP contribution is -2.34. The molecule has 4 aromatic rings. The summed E-state index contributed by atoms with van der Waals surface area (Å²) in [7, 11) is 3.21. The van der Waals surface area contributed by atoms with Crippen LogP contribution in [0.5, 0.6) is 5.75 Å². The minimum atomic E-state index is -4.59. The quantitative estimate of drug-likeness (QED) is 0.311. The van der Waals surface area contributed by atoms with Gasteiger partial charge in [-0.2, -0.15) is 18.3 Å². The van der Waals surface area contributed by atoms with Gasteiger partial charge in [-0.05, 0) is 56.5 Å². The molecule has 0 unspecified atom stereocenters. The van der Waals surface area contributed by atoms with Crippen LogP contribution in [0.25, 0.3) is 16.9 Å². The van der Waals surface area contributed by atoms with E-state index in [0.29, 0.717) is 16.9 Å². The summed E-state index contributed by atoms with van der Waals surface area (Å²) in [6.07, 6.45) is 1.91. The number of carbonyl (C=O) groups excluding carboxylic acids is 1. The molecular formula is C28H30F3N7O2. The Hall–Kier alpha value is -4.19. The van der Waals surface area contributed by atoms with Crippen molar-refractivity contribution in [1.29, 1.82) is 0 Å². The van der Waals surface area contributed by atoms with Crippen molar-refractivity contribution in [3.8, 4) is 22.7 Å². The van der Waals surface area contributed by atoms with Gasteiger partial charge in [-0.1, -0.05) is 17.7 Å². The van der Waals surface area contributed by atoms with Crippen molar-refractivity contribution in [3.05, 3.63) is 70.7 Å². The van der Waals surface area contributed by atoms with Gasteiger partial charge in [0.05, 0.1) is 36.4 Å². The van der Waals surface area contributed by atoms with Gasteiger partial charge in [0, 0.05) is 42.0 Å². The van der Waals surface area contributed by atoms with Crippen LogP contribution in [-0.4, -0.2) is 43.8 Å². The van der Waals surface area contributed by atoms with Gasteiger partial charge in [-0.25, -0.2) is 4.68 Å². The summed E-state index contributed by atoms with van der Waals surface area (Å²) in [4.78, 5) is 13.3. The first-order valence-electron chi connectivity index (χ1n) is 12.9. The van der Waals surface area contributed by atoms with E-state index in [0.717, 1.165) is 48.2 Å². The normalized spacial score (nSPS) is 13.8. The average molecular weight is 554 g/mol. The van der Waals surface area contributed by atoms with E-state index in [1.807, 2.05) is 20.9 Å². The minimum absolute atomic E-state index is 0.0510. The monoisotopic (exact) mass is 553 g/mol. The molecule has 40 heavy (non-hydrogen) atoms. The number of ether oxygens (including phenoxy) is 1. The van der Waals surface area contributed by atoms with Gasteiger partial charge in [0.2, 0.25) is 0 Å². The Bertz CT molecular complexity index is 1550. The number of benzene rings is 2. The maximum absolute atomic E-state index is 13.8. The summed E-state index contributed by atoms with van der Waals surface area (Å²) in [5.74, 6) is -0.395. The highest BCUT2D eigenvalue weighted by Crippen LogP contribution is 2.38. The molecule has 0 bridgehead atoms. The fraction of sp³-hybridized carbons (Fsp3) is 0.357. The third kappa shape index (κ3) is 5.44. The highest BCUT2D eigenvalue weighted by molar-refractivity contribution is 6.05. The molecule has 2 aromatic carbocycles. The molecule has 0 spiro atoms. The zero-order valence-corrected chi connectivity index (χ0v) is 22.6. The molecule has 0 radical (unpaired) electrons. The molecule has 2 heterocycles. The van der Waals surface area contributed by atoms with Crippen molar-refractivity contribution in [2.24, 2.45) is 7.05 Å². The van der Waals surface area contributed by atoms with Crippen molar-refractivity contribution in [2.45, 2.75) is 51.9 Å². The van der Waals surface area contributed by atoms with E-state index < -0.39 is 17.6 Å². The lowest BCUT2D eigenvalue weighted by Gasteiger charge is -2.27. The standard InChI is InChI=1S/C28H30F3N7O2/c1-16-8-9-18(11-25(16)38-15-24(35-36-38)22-14-33-37(3)17(22)2)27(39)34-23-12-20(28(29,30)31)10-19(26(23)40-4)13-32-21-6-5-7-21/h8-12,14-15,21,32H,5-7,13H2,1-4H3,(H,34,39). The SMILES string of the molecule is COc1c(CNC2CCC2)cc(C(F)(F)F)cc1NC(=O)c1ccc(C)c(-n2cc(-c3cnn(C)c3C)nn2)c1. The third-order valence-corrected chi connectivity index (χ3v) is 7.35. The summed E-state index contributed by atoms with van der Waals surface area (Å²) in [5, 5.41) is 18.6. The van der Waals surface area contributed by atoms with Gasteiger partial charge >= 0.3 is 6.18 Å². The largest absolute Gasteiger partial charge is 0.494 e. The summed E-state index contributed by atoms with van der Waals surface area (Å²) in [5.41, 5.74) is 3.47. The van der Waals surface area contributed by atoms with Gasteiger partial charge in [0.15, 0.2) is 0 Å². The van der Waals surface area contributed by atoms with Crippen LogP contribution in [0.4, 0.5) is 18.9 Å². The van der Waals surface area contributed by atoms with Gasteiger partial charge in [0.1, 0.15) is 11.4 Å². The number of nitrogens with zero attached hydrogens (tertiary/aromatic N) is 5. The second-order valence-corrected chi connectivity index (χ2v) is 9.99. The smallest absolute Gasteiger partial charge is 0.416 e. The number of alkyl halides is 3. The molecule has 1 fully saturated rings. The lowest BCUT2D eigenvalue weighted by atomic mass is 9.93. The predicted molar refractivity (Wildman–Crippen MR) is 143 cm³/mol. The molecule has 0 atom stereocenters. The van der Waals surface area contributed by atoms with Crippen LogP contribution in [0, 0.1) is 13.8 Å². The van der Waals surface area contributed by atoms with Crippen LogP contribution in [0.2, 0.25) is 0 Å². The molecule has 5 rings (SSSR count). The molecule has 2 N–H and O–H groups in total. The molecule has 210 valence electrons. The fourth-order valence-electron chi connectivity index (χ4n) is 4.63. The number of nitrogens with one attached hydrogen (secondary N) is 2. The number of anilines is 1. The number of halogens is 3. The van der Waals surface area contributed by atoms with Crippen molar-refractivity contribution in [2.75, 3.05) is 12.4 Å². The molecule has 0 aliphatic heterocycles. The van der Waals surface area contributed by atoms with Gasteiger partial charge in [0.25, 0.3) is 5.91 Å². The molecule has 0 saturated heterocycles. The zero-order chi connectivity index (χ0) is 28.6. The number of aryl methyl sites for hydroxylation is 2. The molecule has 1 aliphatic carbocycles. The van der Waals surface area contributed by atoms with E-state index in [9.17, 15) is 18.0 Å². The number of carbonyl (C=O) groups is 1. The first kappa shape index (κ1) is 27.4. The van der Waals surface area contributed by atoms with Crippen LogP contribution in [0.3, 0.4) is 0 Å². The average Bonchev–Trinajstić information content (AvgIpc) is 3.49. The van der Waals surface area contributed by atoms with E-state index >= 15 is 0 Å². The molecule has 12 heteroatoms. The topological polar surface area (TPSA) is 98.9 Å². The van der Waals surface area contributed by atoms with E-state index in [1.54, 1.807) is 40.0 Å². The molecule has 9 nitrogen and oxygen atoms in total. The van der Waals surface area contributed by atoms with E-state index in [-0.39, 0.29) is 29.6 Å². The Labute approximate surface area is 229 Å². The summed E-state index contributed by atoms with van der Waals surface area (Å²) in [6, 6.07) is 7.21. The van der Waals surface area contributed by atoms with Crippen LogP contribution < -0.4 is 15.4 Å². The first-order valence-corrected chi connectivity index (χ1v) is 12.9. The van der Waals surface area contributed by atoms with Gasteiger partial charge in [-0.15, -0.1) is 5.10 Å². The third-order valence-electron chi connectivity index (χ3n) is 7.35. The van der Waals surface area contributed by atoms with Crippen molar-refractivity contribution < 1.29 is 22.7 Å². The zero-order valence-electron chi connectivity index (χ0n) is 22.6. The van der Waals surface area contributed by atoms with Crippen LogP contribution in [-0.2, 0) is 19.8 Å². The number of hydrogen-bond donors (Lipinski definition) is 2. The molecule has 2 aromatic heterocycles. The van der Waals surface area contributed by atoms with E-state index in [4.69, 9.17) is 4.74 Å². The Morgan fingerprint density at radius 1 is 1.18 bits per heavy atom. The highest BCUT2D eigenvalue weighted by atomic mass is 19.4. The molecule has 1 saturated carbocycles. The maximum atomic E-state index is 13.8. The lowest BCUT2D eigenvalue weighted by molar-refractivity contribution is -0.137. The predicted octanol–water partition coefficient (Wildman–Crippen LogP) is 5.21. The number of methoxy groups -OCH3 is 1. The van der Waals surface area contributed by atoms with E-state index in [1.165, 1.54) is 7.11 Å². The Balaban J connectivity index is 1.44. The molecule has 1 aliphatic rings. The summed E-state index contributed by atoms with van der Waals surface area (Å²) >= 11 is 0. The number of rotatable bonds is 8.